The molecule has 2 aromatic heterocycles. The lowest BCUT2D eigenvalue weighted by atomic mass is 10.2. The Balaban J connectivity index is 1.74. The van der Waals surface area contributed by atoms with Gasteiger partial charge in [-0.3, -0.25) is 0 Å². The van der Waals surface area contributed by atoms with Gasteiger partial charge in [-0.25, -0.2) is 27.8 Å². The monoisotopic (exact) mass is 348 g/mol. The standard InChI is InChI=1S/C16H15F3N6/c1-9-6-20-16(22-10(9)2)21-7-11-8-25(24-23-11)12-3-4-14(17)13(5-12)15(18)19/h3-6,8,15H,7H2,1-2H3,(H,20,21,22). The molecule has 0 unspecified atom stereocenters. The van der Waals surface area contributed by atoms with Crippen LogP contribution >= 0.6 is 0 Å². The zero-order valence-corrected chi connectivity index (χ0v) is 13.5. The number of hydrogen-bond donors (Lipinski definition) is 1. The maximum Gasteiger partial charge on any atom is 0.266 e. The molecule has 0 saturated heterocycles. The molecule has 0 radical (unpaired) electrons. The summed E-state index contributed by atoms with van der Waals surface area (Å²) in [6.45, 7) is 4.11. The van der Waals surface area contributed by atoms with Crippen LogP contribution in [-0.4, -0.2) is 25.0 Å². The van der Waals surface area contributed by atoms with Crippen molar-refractivity contribution in [3.05, 3.63) is 58.9 Å². The predicted molar refractivity (Wildman–Crippen MR) is 85.1 cm³/mol. The van der Waals surface area contributed by atoms with Crippen LogP contribution in [0.1, 0.15) is 28.9 Å². The molecule has 0 bridgehead atoms. The third kappa shape index (κ3) is 3.76. The Hall–Kier alpha value is -2.97. The van der Waals surface area contributed by atoms with Crippen LogP contribution in [0.2, 0.25) is 0 Å². The highest BCUT2D eigenvalue weighted by molar-refractivity contribution is 5.37. The summed E-state index contributed by atoms with van der Waals surface area (Å²) in [5, 5.41) is 10.9. The normalized spacial score (nSPS) is 11.1. The van der Waals surface area contributed by atoms with Crippen molar-refractivity contribution in [3.8, 4) is 5.69 Å². The number of aromatic nitrogens is 5. The van der Waals surface area contributed by atoms with Crippen LogP contribution < -0.4 is 5.32 Å². The van der Waals surface area contributed by atoms with Crippen LogP contribution in [0.15, 0.2) is 30.6 Å². The molecule has 0 aliphatic heterocycles. The van der Waals surface area contributed by atoms with E-state index in [9.17, 15) is 13.2 Å². The first-order chi connectivity index (χ1) is 11.9. The van der Waals surface area contributed by atoms with Crippen molar-refractivity contribution in [2.24, 2.45) is 0 Å². The van der Waals surface area contributed by atoms with Gasteiger partial charge in [-0.15, -0.1) is 5.10 Å². The lowest BCUT2D eigenvalue weighted by Crippen LogP contribution is -2.05. The van der Waals surface area contributed by atoms with Crippen molar-refractivity contribution in [2.45, 2.75) is 26.8 Å². The van der Waals surface area contributed by atoms with Gasteiger partial charge in [0.15, 0.2) is 0 Å². The quantitative estimate of drug-likeness (QED) is 0.766. The molecule has 25 heavy (non-hydrogen) atoms. The number of alkyl halides is 2. The first kappa shape index (κ1) is 16.9. The van der Waals surface area contributed by atoms with Gasteiger partial charge in [-0.1, -0.05) is 5.21 Å². The summed E-state index contributed by atoms with van der Waals surface area (Å²) in [6, 6.07) is 3.40. The van der Waals surface area contributed by atoms with Gasteiger partial charge < -0.3 is 5.32 Å². The average molecular weight is 348 g/mol. The van der Waals surface area contributed by atoms with Crippen molar-refractivity contribution in [2.75, 3.05) is 5.32 Å². The Labute approximate surface area is 141 Å². The second kappa shape index (κ2) is 6.88. The van der Waals surface area contributed by atoms with E-state index in [4.69, 9.17) is 0 Å². The predicted octanol–water partition coefficient (Wildman–Crippen LogP) is 3.36. The molecule has 130 valence electrons. The lowest BCUT2D eigenvalue weighted by molar-refractivity contribution is 0.146. The van der Waals surface area contributed by atoms with E-state index >= 15 is 0 Å². The fourth-order valence-corrected chi connectivity index (χ4v) is 2.13. The Morgan fingerprint density at radius 1 is 1.24 bits per heavy atom. The number of nitrogens with one attached hydrogen (secondary N) is 1. The van der Waals surface area contributed by atoms with Crippen molar-refractivity contribution >= 4 is 5.95 Å². The van der Waals surface area contributed by atoms with Gasteiger partial charge >= 0.3 is 0 Å². The van der Waals surface area contributed by atoms with E-state index in [-0.39, 0.29) is 0 Å². The van der Waals surface area contributed by atoms with Crippen LogP contribution in [0.5, 0.6) is 0 Å². The molecule has 3 rings (SSSR count). The Morgan fingerprint density at radius 2 is 2.04 bits per heavy atom. The summed E-state index contributed by atoms with van der Waals surface area (Å²) in [5.74, 6) is -0.493. The van der Waals surface area contributed by atoms with Gasteiger partial charge in [0.05, 0.1) is 24.0 Å². The molecule has 6 nitrogen and oxygen atoms in total. The third-order valence-corrected chi connectivity index (χ3v) is 3.67. The molecule has 3 aromatic rings. The molecule has 1 aromatic carbocycles. The van der Waals surface area contributed by atoms with Crippen molar-refractivity contribution in [3.63, 3.8) is 0 Å². The molecule has 0 fully saturated rings. The molecule has 9 heteroatoms. The summed E-state index contributed by atoms with van der Waals surface area (Å²) in [6.07, 6.45) is 0.383. The van der Waals surface area contributed by atoms with Gasteiger partial charge in [0.1, 0.15) is 11.5 Å². The van der Waals surface area contributed by atoms with Crippen molar-refractivity contribution in [1.82, 2.24) is 25.0 Å². The smallest absolute Gasteiger partial charge is 0.266 e. The number of rotatable bonds is 5. The van der Waals surface area contributed by atoms with E-state index in [2.05, 4.69) is 25.6 Å². The second-order valence-electron chi connectivity index (χ2n) is 5.48. The fraction of sp³-hybridized carbons (Fsp3) is 0.250. The number of aryl methyl sites for hydroxylation is 2. The highest BCUT2D eigenvalue weighted by Crippen LogP contribution is 2.24. The van der Waals surface area contributed by atoms with Gasteiger partial charge in [-0.2, -0.15) is 0 Å². The van der Waals surface area contributed by atoms with Gasteiger partial charge in [0.2, 0.25) is 5.95 Å². The molecule has 2 heterocycles. The van der Waals surface area contributed by atoms with Gasteiger partial charge in [0, 0.05) is 11.9 Å². The fourth-order valence-electron chi connectivity index (χ4n) is 2.13. The number of anilines is 1. The summed E-state index contributed by atoms with van der Waals surface area (Å²) >= 11 is 0. The highest BCUT2D eigenvalue weighted by atomic mass is 19.3. The Morgan fingerprint density at radius 3 is 2.76 bits per heavy atom. The second-order valence-corrected chi connectivity index (χ2v) is 5.48. The molecule has 1 N–H and O–H groups in total. The number of hydrogen-bond acceptors (Lipinski definition) is 5. The van der Waals surface area contributed by atoms with Crippen LogP contribution in [0.25, 0.3) is 5.69 Å². The minimum Gasteiger partial charge on any atom is -0.348 e. The molecule has 0 spiro atoms. The minimum atomic E-state index is -2.90. The van der Waals surface area contributed by atoms with Crippen molar-refractivity contribution in [1.29, 1.82) is 0 Å². The van der Waals surface area contributed by atoms with Gasteiger partial charge in [-0.05, 0) is 37.6 Å². The summed E-state index contributed by atoms with van der Waals surface area (Å²) in [5.41, 5.74) is 2.05. The van der Waals surface area contributed by atoms with E-state index in [0.717, 1.165) is 23.4 Å². The average Bonchev–Trinajstić information content (AvgIpc) is 3.05. The largest absolute Gasteiger partial charge is 0.348 e. The number of halogens is 3. The Kier molecular flexibility index (Phi) is 4.64. The summed E-state index contributed by atoms with van der Waals surface area (Å²) in [4.78, 5) is 8.45. The third-order valence-electron chi connectivity index (χ3n) is 3.67. The van der Waals surface area contributed by atoms with Crippen LogP contribution in [0.4, 0.5) is 19.1 Å². The SMILES string of the molecule is Cc1cnc(NCc2cn(-c3ccc(F)c(C(F)F)c3)nn2)nc1C. The first-order valence-electron chi connectivity index (χ1n) is 7.47. The van der Waals surface area contributed by atoms with Crippen LogP contribution in [0.3, 0.4) is 0 Å². The maximum atomic E-state index is 13.4. The van der Waals surface area contributed by atoms with Crippen molar-refractivity contribution < 1.29 is 13.2 Å². The molecule has 0 saturated carbocycles. The van der Waals surface area contributed by atoms with Crippen LogP contribution in [0, 0.1) is 19.7 Å². The molecular weight excluding hydrogens is 333 g/mol. The zero-order valence-electron chi connectivity index (χ0n) is 13.5. The molecule has 0 atom stereocenters. The van der Waals surface area contributed by atoms with Gasteiger partial charge in [0.25, 0.3) is 6.43 Å². The van der Waals surface area contributed by atoms with E-state index in [1.165, 1.54) is 10.7 Å². The zero-order chi connectivity index (χ0) is 18.0. The molecule has 0 aliphatic carbocycles. The summed E-state index contributed by atoms with van der Waals surface area (Å²) in [7, 11) is 0. The number of benzene rings is 1. The lowest BCUT2D eigenvalue weighted by Gasteiger charge is -2.05. The molecular formula is C16H15F3N6. The number of nitrogens with zero attached hydrogens (tertiary/aromatic N) is 5. The molecule has 0 aliphatic rings. The molecule has 0 amide bonds. The topological polar surface area (TPSA) is 68.5 Å². The first-order valence-corrected chi connectivity index (χ1v) is 7.47. The van der Waals surface area contributed by atoms with E-state index < -0.39 is 17.8 Å². The van der Waals surface area contributed by atoms with E-state index in [0.29, 0.717) is 23.9 Å². The Bertz CT molecular complexity index is 893. The van der Waals surface area contributed by atoms with Crippen LogP contribution in [-0.2, 0) is 6.54 Å². The minimum absolute atomic E-state index is 0.304. The summed E-state index contributed by atoms with van der Waals surface area (Å²) < 4.78 is 40.2. The van der Waals surface area contributed by atoms with E-state index in [1.807, 2.05) is 13.8 Å². The maximum absolute atomic E-state index is 13.4. The highest BCUT2D eigenvalue weighted by Gasteiger charge is 2.15. The van der Waals surface area contributed by atoms with E-state index in [1.54, 1.807) is 12.4 Å².